The summed E-state index contributed by atoms with van der Waals surface area (Å²) in [5.41, 5.74) is -2.10. The van der Waals surface area contributed by atoms with Crippen LogP contribution >= 0.6 is 0 Å². The van der Waals surface area contributed by atoms with Crippen molar-refractivity contribution >= 4 is 11.8 Å². The van der Waals surface area contributed by atoms with Gasteiger partial charge in [0.2, 0.25) is 0 Å². The average Bonchev–Trinajstić information content (AvgIpc) is 2.24. The molecule has 0 spiro atoms. The fourth-order valence-corrected chi connectivity index (χ4v) is 3.34. The SMILES string of the molecule is CC(=C/C(=O)O)/C=C/[C@]12OC[C@@]1(O)CC(=O)CC2(C)C. The van der Waals surface area contributed by atoms with Crippen LogP contribution in [0, 0.1) is 5.41 Å². The van der Waals surface area contributed by atoms with Gasteiger partial charge in [0.1, 0.15) is 17.0 Å². The highest BCUT2D eigenvalue weighted by molar-refractivity contribution is 5.83. The summed E-state index contributed by atoms with van der Waals surface area (Å²) in [5, 5.41) is 19.4. The minimum Gasteiger partial charge on any atom is -0.478 e. The van der Waals surface area contributed by atoms with E-state index in [-0.39, 0.29) is 18.8 Å². The van der Waals surface area contributed by atoms with Crippen molar-refractivity contribution in [2.24, 2.45) is 5.41 Å². The second kappa shape index (κ2) is 4.53. The summed E-state index contributed by atoms with van der Waals surface area (Å²) in [4.78, 5) is 22.4. The maximum absolute atomic E-state index is 11.8. The van der Waals surface area contributed by atoms with Crippen LogP contribution in [0.4, 0.5) is 0 Å². The van der Waals surface area contributed by atoms with E-state index in [0.717, 1.165) is 6.08 Å². The van der Waals surface area contributed by atoms with E-state index in [2.05, 4.69) is 0 Å². The zero-order valence-corrected chi connectivity index (χ0v) is 12.0. The lowest BCUT2D eigenvalue weighted by molar-refractivity contribution is -0.327. The number of carbonyl (C=O) groups is 2. The molecule has 0 radical (unpaired) electrons. The molecule has 1 saturated heterocycles. The van der Waals surface area contributed by atoms with E-state index in [4.69, 9.17) is 9.84 Å². The van der Waals surface area contributed by atoms with Crippen LogP contribution in [0.5, 0.6) is 0 Å². The number of aliphatic carboxylic acids is 1. The molecule has 5 nitrogen and oxygen atoms in total. The van der Waals surface area contributed by atoms with Gasteiger partial charge in [0.15, 0.2) is 0 Å². The van der Waals surface area contributed by atoms with Crippen LogP contribution < -0.4 is 0 Å². The number of carboxylic acid groups (broad SMARTS) is 1. The fraction of sp³-hybridized carbons (Fsp3) is 0.600. The predicted octanol–water partition coefficient (Wildman–Crippen LogP) is 1.46. The Labute approximate surface area is 117 Å². The summed E-state index contributed by atoms with van der Waals surface area (Å²) in [6.45, 7) is 5.57. The molecule has 0 unspecified atom stereocenters. The monoisotopic (exact) mass is 280 g/mol. The zero-order valence-electron chi connectivity index (χ0n) is 12.0. The number of aliphatic hydroxyl groups is 1. The first kappa shape index (κ1) is 14.9. The van der Waals surface area contributed by atoms with Crippen LogP contribution in [0.3, 0.4) is 0 Å². The number of hydrogen-bond acceptors (Lipinski definition) is 4. The van der Waals surface area contributed by atoms with Crippen molar-refractivity contribution in [2.75, 3.05) is 6.61 Å². The Morgan fingerprint density at radius 2 is 2.00 bits per heavy atom. The second-order valence-corrected chi connectivity index (χ2v) is 6.39. The normalized spacial score (nSPS) is 36.6. The van der Waals surface area contributed by atoms with Crippen LogP contribution in [-0.4, -0.2) is 39.8 Å². The van der Waals surface area contributed by atoms with Gasteiger partial charge in [-0.2, -0.15) is 0 Å². The minimum atomic E-state index is -1.19. The largest absolute Gasteiger partial charge is 0.478 e. The lowest BCUT2D eigenvalue weighted by Gasteiger charge is -2.63. The number of allylic oxidation sites excluding steroid dienone is 2. The lowest BCUT2D eigenvalue weighted by Crippen LogP contribution is -2.76. The van der Waals surface area contributed by atoms with E-state index >= 15 is 0 Å². The third-order valence-electron chi connectivity index (χ3n) is 4.30. The van der Waals surface area contributed by atoms with Gasteiger partial charge in [-0.15, -0.1) is 0 Å². The van der Waals surface area contributed by atoms with Crippen LogP contribution in [0.1, 0.15) is 33.6 Å². The predicted molar refractivity (Wildman–Crippen MR) is 72.2 cm³/mol. The highest BCUT2D eigenvalue weighted by atomic mass is 16.6. The first-order valence-corrected chi connectivity index (χ1v) is 6.60. The van der Waals surface area contributed by atoms with Crippen molar-refractivity contribution < 1.29 is 24.5 Å². The van der Waals surface area contributed by atoms with E-state index in [0.29, 0.717) is 12.0 Å². The molecule has 110 valence electrons. The summed E-state index contributed by atoms with van der Waals surface area (Å²) in [5.74, 6) is -0.991. The Bertz CT molecular complexity index is 499. The molecule has 0 amide bonds. The number of carboxylic acids is 1. The standard InChI is InChI=1S/C15H20O5/c1-10(6-12(17)18)4-5-15-13(2,3)7-11(16)8-14(15,19)9-20-15/h4-6,19H,7-9H2,1-3H3,(H,17,18)/b5-4+,10-6-/t14-,15+/m0/s1. The van der Waals surface area contributed by atoms with Crippen molar-refractivity contribution in [1.82, 2.24) is 0 Å². The van der Waals surface area contributed by atoms with Gasteiger partial charge in [-0.1, -0.05) is 19.9 Å². The number of carbonyl (C=O) groups excluding carboxylic acids is 1. The van der Waals surface area contributed by atoms with E-state index in [1.807, 2.05) is 13.8 Å². The molecule has 1 aliphatic heterocycles. The van der Waals surface area contributed by atoms with Crippen LogP contribution in [0.2, 0.25) is 0 Å². The highest BCUT2D eigenvalue weighted by Crippen LogP contribution is 2.57. The summed E-state index contributed by atoms with van der Waals surface area (Å²) >= 11 is 0. The molecule has 0 aromatic heterocycles. The molecule has 1 saturated carbocycles. The molecule has 1 aliphatic carbocycles. The lowest BCUT2D eigenvalue weighted by atomic mass is 9.54. The minimum absolute atomic E-state index is 0.0302. The number of fused-ring (bicyclic) bond motifs is 1. The van der Waals surface area contributed by atoms with E-state index < -0.39 is 22.6 Å². The van der Waals surface area contributed by atoms with E-state index in [9.17, 15) is 14.7 Å². The van der Waals surface area contributed by atoms with Gasteiger partial charge in [0.05, 0.1) is 6.61 Å². The molecule has 2 fully saturated rings. The average molecular weight is 280 g/mol. The van der Waals surface area contributed by atoms with Crippen LogP contribution in [0.25, 0.3) is 0 Å². The molecule has 20 heavy (non-hydrogen) atoms. The molecular weight excluding hydrogens is 260 g/mol. The molecule has 0 aromatic rings. The summed E-state index contributed by atoms with van der Waals surface area (Å²) < 4.78 is 5.68. The Balaban J connectivity index is 2.34. The molecule has 5 heteroatoms. The van der Waals surface area contributed by atoms with E-state index in [1.165, 1.54) is 0 Å². The molecule has 1 heterocycles. The maximum Gasteiger partial charge on any atom is 0.328 e. The molecule has 2 atom stereocenters. The molecule has 2 rings (SSSR count). The highest BCUT2D eigenvalue weighted by Gasteiger charge is 2.69. The van der Waals surface area contributed by atoms with Gasteiger partial charge < -0.3 is 14.9 Å². The van der Waals surface area contributed by atoms with Crippen molar-refractivity contribution in [2.45, 2.75) is 44.8 Å². The van der Waals surface area contributed by atoms with Gasteiger partial charge in [-0.05, 0) is 18.6 Å². The molecule has 2 N–H and O–H groups in total. The van der Waals surface area contributed by atoms with Gasteiger partial charge in [-0.3, -0.25) is 4.79 Å². The molecule has 0 aromatic carbocycles. The molecule has 2 aliphatic rings. The maximum atomic E-state index is 11.8. The Kier molecular flexibility index (Phi) is 3.38. The number of Topliss-reactive ketones (excluding diaryl/α,β-unsaturated/α-hetero) is 1. The van der Waals surface area contributed by atoms with Crippen molar-refractivity contribution in [3.8, 4) is 0 Å². The van der Waals surface area contributed by atoms with Crippen molar-refractivity contribution in [1.29, 1.82) is 0 Å². The van der Waals surface area contributed by atoms with Gasteiger partial charge >= 0.3 is 5.97 Å². The fourth-order valence-electron chi connectivity index (χ4n) is 3.34. The summed E-state index contributed by atoms with van der Waals surface area (Å²) in [6.07, 6.45) is 4.85. The first-order valence-electron chi connectivity index (χ1n) is 6.60. The Hall–Kier alpha value is -1.46. The number of ether oxygens (including phenoxy) is 1. The van der Waals surface area contributed by atoms with Gasteiger partial charge in [0.25, 0.3) is 0 Å². The van der Waals surface area contributed by atoms with E-state index in [1.54, 1.807) is 19.1 Å². The first-order chi connectivity index (χ1) is 9.12. The van der Waals surface area contributed by atoms with Crippen LogP contribution in [-0.2, 0) is 14.3 Å². The van der Waals surface area contributed by atoms with Crippen LogP contribution in [0.15, 0.2) is 23.8 Å². The molecular formula is C15H20O5. The van der Waals surface area contributed by atoms with Gasteiger partial charge in [-0.25, -0.2) is 4.79 Å². The number of hydrogen-bond donors (Lipinski definition) is 2. The molecule has 0 bridgehead atoms. The second-order valence-electron chi connectivity index (χ2n) is 6.39. The Morgan fingerprint density at radius 1 is 1.35 bits per heavy atom. The zero-order chi connectivity index (χ0) is 15.2. The topological polar surface area (TPSA) is 83.8 Å². The summed E-state index contributed by atoms with van der Waals surface area (Å²) in [6, 6.07) is 0. The smallest absolute Gasteiger partial charge is 0.328 e. The van der Waals surface area contributed by atoms with Gasteiger partial charge in [0, 0.05) is 24.3 Å². The summed E-state index contributed by atoms with van der Waals surface area (Å²) in [7, 11) is 0. The Morgan fingerprint density at radius 3 is 2.45 bits per heavy atom. The van der Waals surface area contributed by atoms with Crippen molar-refractivity contribution in [3.05, 3.63) is 23.8 Å². The third kappa shape index (κ3) is 2.11. The third-order valence-corrected chi connectivity index (χ3v) is 4.30. The number of rotatable bonds is 3. The van der Waals surface area contributed by atoms with Crippen molar-refractivity contribution in [3.63, 3.8) is 0 Å². The number of ketones is 1. The quantitative estimate of drug-likeness (QED) is 0.604.